The van der Waals surface area contributed by atoms with Crippen molar-refractivity contribution >= 4 is 17.7 Å². The standard InChI is InChI=1S/C18H20FNO2S/c1-14-5-7-15(8-6-14)13-23-10-9-20-18(21)12-22-17-4-2-3-16(19)11-17/h2-8,11H,9-10,12-13H2,1H3,(H,20,21). The highest BCUT2D eigenvalue weighted by Crippen LogP contribution is 2.13. The monoisotopic (exact) mass is 333 g/mol. The van der Waals surface area contributed by atoms with E-state index in [-0.39, 0.29) is 18.3 Å². The van der Waals surface area contributed by atoms with Crippen LogP contribution in [0.3, 0.4) is 0 Å². The number of carbonyl (C=O) groups excluding carboxylic acids is 1. The fourth-order valence-corrected chi connectivity index (χ4v) is 2.71. The maximum atomic E-state index is 13.0. The number of hydrogen-bond acceptors (Lipinski definition) is 3. The Kier molecular flexibility index (Phi) is 6.94. The van der Waals surface area contributed by atoms with Gasteiger partial charge in [0.2, 0.25) is 0 Å². The predicted octanol–water partition coefficient (Wildman–Crippen LogP) is 3.56. The lowest BCUT2D eigenvalue weighted by molar-refractivity contribution is -0.122. The van der Waals surface area contributed by atoms with Crippen LogP contribution in [0.25, 0.3) is 0 Å². The molecule has 0 aliphatic carbocycles. The first kappa shape index (κ1) is 17.3. The van der Waals surface area contributed by atoms with Gasteiger partial charge in [0.15, 0.2) is 6.61 Å². The molecule has 0 saturated carbocycles. The number of amides is 1. The first-order valence-electron chi connectivity index (χ1n) is 7.42. The van der Waals surface area contributed by atoms with E-state index < -0.39 is 0 Å². The summed E-state index contributed by atoms with van der Waals surface area (Å²) < 4.78 is 18.2. The summed E-state index contributed by atoms with van der Waals surface area (Å²) in [6.07, 6.45) is 0. The summed E-state index contributed by atoms with van der Waals surface area (Å²) in [5.74, 6) is 1.53. The van der Waals surface area contributed by atoms with Gasteiger partial charge in [0.1, 0.15) is 11.6 Å². The van der Waals surface area contributed by atoms with Crippen LogP contribution in [0.15, 0.2) is 48.5 Å². The molecule has 0 aliphatic rings. The molecular formula is C18H20FNO2S. The van der Waals surface area contributed by atoms with E-state index in [0.717, 1.165) is 11.5 Å². The average molecular weight is 333 g/mol. The molecule has 0 aliphatic heterocycles. The minimum absolute atomic E-state index is 0.105. The van der Waals surface area contributed by atoms with Crippen LogP contribution in [-0.2, 0) is 10.5 Å². The van der Waals surface area contributed by atoms with Crippen LogP contribution in [0.5, 0.6) is 5.75 Å². The lowest BCUT2D eigenvalue weighted by atomic mass is 10.2. The summed E-state index contributed by atoms with van der Waals surface area (Å²) in [7, 11) is 0. The quantitative estimate of drug-likeness (QED) is 0.751. The number of carbonyl (C=O) groups is 1. The number of nitrogens with one attached hydrogen (secondary N) is 1. The van der Waals surface area contributed by atoms with Crippen LogP contribution in [0.1, 0.15) is 11.1 Å². The number of thioether (sulfide) groups is 1. The highest BCUT2D eigenvalue weighted by atomic mass is 32.2. The minimum atomic E-state index is -0.379. The fourth-order valence-electron chi connectivity index (χ4n) is 1.89. The summed E-state index contributed by atoms with van der Waals surface area (Å²) in [6, 6.07) is 14.2. The van der Waals surface area contributed by atoms with Crippen molar-refractivity contribution in [2.24, 2.45) is 0 Å². The SMILES string of the molecule is Cc1ccc(CSCCNC(=O)COc2cccc(F)c2)cc1. The average Bonchev–Trinajstić information content (AvgIpc) is 2.54. The van der Waals surface area contributed by atoms with E-state index in [1.807, 2.05) is 0 Å². The van der Waals surface area contributed by atoms with Crippen molar-refractivity contribution in [1.29, 1.82) is 0 Å². The Hall–Kier alpha value is -2.01. The third kappa shape index (κ3) is 6.74. The van der Waals surface area contributed by atoms with Gasteiger partial charge >= 0.3 is 0 Å². The van der Waals surface area contributed by atoms with E-state index in [4.69, 9.17) is 4.74 Å². The van der Waals surface area contributed by atoms with Crippen LogP contribution in [0.2, 0.25) is 0 Å². The topological polar surface area (TPSA) is 38.3 Å². The second-order valence-electron chi connectivity index (χ2n) is 5.13. The summed E-state index contributed by atoms with van der Waals surface area (Å²) in [5, 5.41) is 2.78. The van der Waals surface area contributed by atoms with Gasteiger partial charge in [-0.3, -0.25) is 4.79 Å². The predicted molar refractivity (Wildman–Crippen MR) is 92.2 cm³/mol. The number of benzene rings is 2. The Labute approximate surface area is 140 Å². The maximum Gasteiger partial charge on any atom is 0.257 e. The Morgan fingerprint density at radius 2 is 2.00 bits per heavy atom. The van der Waals surface area contributed by atoms with Crippen molar-refractivity contribution in [1.82, 2.24) is 5.32 Å². The van der Waals surface area contributed by atoms with Gasteiger partial charge in [0.05, 0.1) is 0 Å². The van der Waals surface area contributed by atoms with Crippen molar-refractivity contribution in [2.45, 2.75) is 12.7 Å². The number of hydrogen-bond donors (Lipinski definition) is 1. The molecule has 1 amide bonds. The van der Waals surface area contributed by atoms with Gasteiger partial charge in [0, 0.05) is 24.1 Å². The third-order valence-corrected chi connectivity index (χ3v) is 4.15. The van der Waals surface area contributed by atoms with Gasteiger partial charge in [-0.2, -0.15) is 11.8 Å². The summed E-state index contributed by atoms with van der Waals surface area (Å²) in [6.45, 7) is 2.55. The Morgan fingerprint density at radius 3 is 2.74 bits per heavy atom. The molecule has 0 unspecified atom stereocenters. The van der Waals surface area contributed by atoms with E-state index in [9.17, 15) is 9.18 Å². The second-order valence-corrected chi connectivity index (χ2v) is 6.24. The van der Waals surface area contributed by atoms with Gasteiger partial charge in [-0.25, -0.2) is 4.39 Å². The maximum absolute atomic E-state index is 13.0. The van der Waals surface area contributed by atoms with Gasteiger partial charge < -0.3 is 10.1 Å². The molecule has 2 rings (SSSR count). The molecule has 0 atom stereocenters. The van der Waals surface area contributed by atoms with E-state index >= 15 is 0 Å². The molecule has 0 radical (unpaired) electrons. The molecule has 2 aromatic carbocycles. The molecule has 3 nitrogen and oxygen atoms in total. The number of rotatable bonds is 8. The second kappa shape index (κ2) is 9.20. The number of ether oxygens (including phenoxy) is 1. The van der Waals surface area contributed by atoms with Crippen molar-refractivity contribution < 1.29 is 13.9 Å². The van der Waals surface area contributed by atoms with Crippen LogP contribution in [-0.4, -0.2) is 24.8 Å². The van der Waals surface area contributed by atoms with Crippen molar-refractivity contribution in [2.75, 3.05) is 18.9 Å². The van der Waals surface area contributed by atoms with Gasteiger partial charge in [-0.1, -0.05) is 35.9 Å². The molecule has 0 heterocycles. The van der Waals surface area contributed by atoms with Crippen molar-refractivity contribution in [3.05, 3.63) is 65.5 Å². The fraction of sp³-hybridized carbons (Fsp3) is 0.278. The minimum Gasteiger partial charge on any atom is -0.484 e. The molecule has 122 valence electrons. The largest absolute Gasteiger partial charge is 0.484 e. The molecular weight excluding hydrogens is 313 g/mol. The molecule has 0 spiro atoms. The first-order valence-corrected chi connectivity index (χ1v) is 8.57. The zero-order chi connectivity index (χ0) is 16.5. The highest BCUT2D eigenvalue weighted by molar-refractivity contribution is 7.98. The zero-order valence-electron chi connectivity index (χ0n) is 13.0. The number of aryl methyl sites for hydroxylation is 1. The van der Waals surface area contributed by atoms with E-state index in [1.165, 1.54) is 23.3 Å². The molecule has 5 heteroatoms. The van der Waals surface area contributed by atoms with Crippen LogP contribution < -0.4 is 10.1 Å². The molecule has 0 bridgehead atoms. The molecule has 0 aromatic heterocycles. The first-order chi connectivity index (χ1) is 11.1. The molecule has 23 heavy (non-hydrogen) atoms. The van der Waals surface area contributed by atoms with Crippen LogP contribution >= 0.6 is 11.8 Å². The van der Waals surface area contributed by atoms with Gasteiger partial charge in [-0.05, 0) is 24.6 Å². The van der Waals surface area contributed by atoms with Gasteiger partial charge in [-0.15, -0.1) is 0 Å². The smallest absolute Gasteiger partial charge is 0.257 e. The van der Waals surface area contributed by atoms with Crippen molar-refractivity contribution in [3.63, 3.8) is 0 Å². The van der Waals surface area contributed by atoms with Crippen LogP contribution in [0.4, 0.5) is 4.39 Å². The third-order valence-electron chi connectivity index (χ3n) is 3.12. The Bertz CT molecular complexity index is 631. The summed E-state index contributed by atoms with van der Waals surface area (Å²) in [4.78, 5) is 11.6. The van der Waals surface area contributed by atoms with Gasteiger partial charge in [0.25, 0.3) is 5.91 Å². The van der Waals surface area contributed by atoms with Crippen LogP contribution in [0, 0.1) is 12.7 Å². The Balaban J connectivity index is 1.57. The number of halogens is 1. The summed E-state index contributed by atoms with van der Waals surface area (Å²) in [5.41, 5.74) is 2.53. The molecule has 1 N–H and O–H groups in total. The van der Waals surface area contributed by atoms with Crippen molar-refractivity contribution in [3.8, 4) is 5.75 Å². The molecule has 0 saturated heterocycles. The molecule has 2 aromatic rings. The van der Waals surface area contributed by atoms with E-state index in [0.29, 0.717) is 12.3 Å². The summed E-state index contributed by atoms with van der Waals surface area (Å²) >= 11 is 1.77. The Morgan fingerprint density at radius 1 is 1.22 bits per heavy atom. The molecule has 0 fully saturated rings. The lowest BCUT2D eigenvalue weighted by Crippen LogP contribution is -2.30. The van der Waals surface area contributed by atoms with E-state index in [1.54, 1.807) is 23.9 Å². The van der Waals surface area contributed by atoms with E-state index in [2.05, 4.69) is 36.5 Å². The zero-order valence-corrected chi connectivity index (χ0v) is 13.9. The lowest BCUT2D eigenvalue weighted by Gasteiger charge is -2.07. The normalized spacial score (nSPS) is 10.3. The highest BCUT2D eigenvalue weighted by Gasteiger charge is 2.03.